The van der Waals surface area contributed by atoms with Gasteiger partial charge in [-0.1, -0.05) is 6.92 Å². The fourth-order valence-corrected chi connectivity index (χ4v) is 3.16. The number of anilines is 1. The zero-order valence-electron chi connectivity index (χ0n) is 13.3. The molecule has 3 heterocycles. The van der Waals surface area contributed by atoms with Gasteiger partial charge in [0.05, 0.1) is 23.7 Å². The molecule has 0 radical (unpaired) electrons. The van der Waals surface area contributed by atoms with Gasteiger partial charge in [-0.3, -0.25) is 9.97 Å². The largest absolute Gasteiger partial charge is 0.393 e. The lowest BCUT2D eigenvalue weighted by Gasteiger charge is -2.34. The average molecular weight is 311 g/mol. The fraction of sp³-hybridized carbons (Fsp3) is 0.529. The fourth-order valence-electron chi connectivity index (χ4n) is 3.16. The molecule has 2 fully saturated rings. The zero-order chi connectivity index (χ0) is 15.8. The van der Waals surface area contributed by atoms with Crippen molar-refractivity contribution in [3.05, 3.63) is 30.5 Å². The molecular weight excluding hydrogens is 290 g/mol. The highest BCUT2D eigenvalue weighted by Crippen LogP contribution is 2.43. The van der Waals surface area contributed by atoms with Crippen molar-refractivity contribution in [1.82, 2.24) is 19.9 Å². The van der Waals surface area contributed by atoms with Gasteiger partial charge in [0.2, 0.25) is 5.95 Å². The van der Waals surface area contributed by atoms with E-state index in [9.17, 15) is 5.11 Å². The van der Waals surface area contributed by atoms with E-state index in [1.54, 1.807) is 18.6 Å². The van der Waals surface area contributed by atoms with Crippen LogP contribution in [0.2, 0.25) is 0 Å². The maximum absolute atomic E-state index is 9.91. The highest BCUT2D eigenvalue weighted by Gasteiger charge is 2.31. The zero-order valence-corrected chi connectivity index (χ0v) is 13.3. The standard InChI is InChI=1S/C17H21N5O/c1-11-10-22(7-4-15(11)23)17-20-8-13(14-9-18-5-6-19-14)16(21-17)12-2-3-12/h5-6,8-9,11-12,15,23H,2-4,7,10H2,1H3. The van der Waals surface area contributed by atoms with E-state index >= 15 is 0 Å². The van der Waals surface area contributed by atoms with Crippen molar-refractivity contribution in [2.45, 2.75) is 38.2 Å². The van der Waals surface area contributed by atoms with E-state index in [0.29, 0.717) is 5.92 Å². The molecule has 0 spiro atoms. The normalized spacial score (nSPS) is 24.7. The number of rotatable bonds is 3. The average Bonchev–Trinajstić information content (AvgIpc) is 3.43. The van der Waals surface area contributed by atoms with Crippen LogP contribution in [0.3, 0.4) is 0 Å². The van der Waals surface area contributed by atoms with Gasteiger partial charge < -0.3 is 10.0 Å². The van der Waals surface area contributed by atoms with E-state index in [-0.39, 0.29) is 12.0 Å². The minimum Gasteiger partial charge on any atom is -0.393 e. The Bertz CT molecular complexity index is 689. The number of aliphatic hydroxyl groups is 1. The summed E-state index contributed by atoms with van der Waals surface area (Å²) < 4.78 is 0. The van der Waals surface area contributed by atoms with Crippen molar-refractivity contribution in [2.24, 2.45) is 5.92 Å². The number of aromatic nitrogens is 4. The van der Waals surface area contributed by atoms with E-state index in [4.69, 9.17) is 4.98 Å². The predicted octanol–water partition coefficient (Wildman–Crippen LogP) is 2.02. The minimum atomic E-state index is -0.215. The minimum absolute atomic E-state index is 0.215. The van der Waals surface area contributed by atoms with Gasteiger partial charge in [-0.05, 0) is 25.2 Å². The van der Waals surface area contributed by atoms with Crippen LogP contribution >= 0.6 is 0 Å². The van der Waals surface area contributed by atoms with Gasteiger partial charge in [0, 0.05) is 43.2 Å². The molecule has 2 atom stereocenters. The van der Waals surface area contributed by atoms with Crippen molar-refractivity contribution in [3.63, 3.8) is 0 Å². The molecule has 2 aromatic heterocycles. The van der Waals surface area contributed by atoms with Crippen LogP contribution in [0.4, 0.5) is 5.95 Å². The lowest BCUT2D eigenvalue weighted by molar-refractivity contribution is 0.0966. The third kappa shape index (κ3) is 2.91. The first-order valence-corrected chi connectivity index (χ1v) is 8.28. The Morgan fingerprint density at radius 3 is 2.70 bits per heavy atom. The SMILES string of the molecule is CC1CN(c2ncc(-c3cnccn3)c(C3CC3)n2)CCC1O. The van der Waals surface area contributed by atoms with Crippen LogP contribution in [-0.4, -0.2) is 44.2 Å². The number of nitrogens with zero attached hydrogens (tertiary/aromatic N) is 5. The van der Waals surface area contributed by atoms with Gasteiger partial charge >= 0.3 is 0 Å². The second-order valence-corrected chi connectivity index (χ2v) is 6.61. The third-order valence-electron chi connectivity index (χ3n) is 4.75. The predicted molar refractivity (Wildman–Crippen MR) is 87.0 cm³/mol. The van der Waals surface area contributed by atoms with Crippen molar-refractivity contribution < 1.29 is 5.11 Å². The van der Waals surface area contributed by atoms with Crippen LogP contribution in [0.25, 0.3) is 11.3 Å². The Morgan fingerprint density at radius 1 is 1.13 bits per heavy atom. The van der Waals surface area contributed by atoms with E-state index in [1.807, 2.05) is 6.20 Å². The lowest BCUT2D eigenvalue weighted by Crippen LogP contribution is -2.42. The van der Waals surface area contributed by atoms with Gasteiger partial charge in [-0.15, -0.1) is 0 Å². The Balaban J connectivity index is 1.67. The molecule has 4 rings (SSSR count). The van der Waals surface area contributed by atoms with Crippen molar-refractivity contribution in [3.8, 4) is 11.3 Å². The van der Waals surface area contributed by atoms with Gasteiger partial charge in [0.25, 0.3) is 0 Å². The smallest absolute Gasteiger partial charge is 0.225 e. The quantitative estimate of drug-likeness (QED) is 0.934. The van der Waals surface area contributed by atoms with E-state index in [2.05, 4.69) is 26.8 Å². The molecule has 6 heteroatoms. The summed E-state index contributed by atoms with van der Waals surface area (Å²) in [5.41, 5.74) is 2.92. The molecule has 120 valence electrons. The first-order chi connectivity index (χ1) is 11.2. The lowest BCUT2D eigenvalue weighted by atomic mass is 9.97. The molecular formula is C17H21N5O. The third-order valence-corrected chi connectivity index (χ3v) is 4.75. The maximum Gasteiger partial charge on any atom is 0.225 e. The van der Waals surface area contributed by atoms with E-state index in [0.717, 1.165) is 42.4 Å². The van der Waals surface area contributed by atoms with Crippen molar-refractivity contribution in [1.29, 1.82) is 0 Å². The molecule has 6 nitrogen and oxygen atoms in total. The van der Waals surface area contributed by atoms with Crippen molar-refractivity contribution in [2.75, 3.05) is 18.0 Å². The molecule has 1 saturated heterocycles. The second-order valence-electron chi connectivity index (χ2n) is 6.61. The van der Waals surface area contributed by atoms with E-state index in [1.165, 1.54) is 12.8 Å². The Labute approximate surface area is 135 Å². The van der Waals surface area contributed by atoms with Gasteiger partial charge in [0.15, 0.2) is 0 Å². The Hall–Kier alpha value is -2.08. The molecule has 1 N–H and O–H groups in total. The number of hydrogen-bond acceptors (Lipinski definition) is 6. The molecule has 2 aliphatic rings. The van der Waals surface area contributed by atoms with Gasteiger partial charge in [-0.25, -0.2) is 9.97 Å². The highest BCUT2D eigenvalue weighted by atomic mass is 16.3. The number of aliphatic hydroxyl groups excluding tert-OH is 1. The van der Waals surface area contributed by atoms with Crippen molar-refractivity contribution >= 4 is 5.95 Å². The van der Waals surface area contributed by atoms with Gasteiger partial charge in [-0.2, -0.15) is 0 Å². The second kappa shape index (κ2) is 5.85. The summed E-state index contributed by atoms with van der Waals surface area (Å²) in [5.74, 6) is 1.54. The molecule has 0 bridgehead atoms. The van der Waals surface area contributed by atoms with Crippen LogP contribution in [-0.2, 0) is 0 Å². The Morgan fingerprint density at radius 2 is 2.00 bits per heavy atom. The summed E-state index contributed by atoms with van der Waals surface area (Å²) in [6, 6.07) is 0. The molecule has 0 amide bonds. The Kier molecular flexibility index (Phi) is 3.69. The van der Waals surface area contributed by atoms with Gasteiger partial charge in [0.1, 0.15) is 0 Å². The summed E-state index contributed by atoms with van der Waals surface area (Å²) in [4.78, 5) is 20.2. The summed E-state index contributed by atoms with van der Waals surface area (Å²) >= 11 is 0. The topological polar surface area (TPSA) is 75.0 Å². The summed E-state index contributed by atoms with van der Waals surface area (Å²) in [5, 5.41) is 9.91. The first kappa shape index (κ1) is 14.5. The molecule has 1 saturated carbocycles. The molecule has 1 aliphatic heterocycles. The monoisotopic (exact) mass is 311 g/mol. The summed E-state index contributed by atoms with van der Waals surface area (Å²) in [7, 11) is 0. The van der Waals surface area contributed by atoms with Crippen LogP contribution in [0, 0.1) is 5.92 Å². The molecule has 1 aliphatic carbocycles. The summed E-state index contributed by atoms with van der Waals surface area (Å²) in [6.45, 7) is 3.68. The maximum atomic E-state index is 9.91. The van der Waals surface area contributed by atoms with Crippen LogP contribution in [0.5, 0.6) is 0 Å². The van der Waals surface area contributed by atoms with E-state index < -0.39 is 0 Å². The first-order valence-electron chi connectivity index (χ1n) is 8.28. The molecule has 2 unspecified atom stereocenters. The molecule has 0 aromatic carbocycles. The number of piperidine rings is 1. The van der Waals surface area contributed by atoms with Crippen LogP contribution in [0.1, 0.15) is 37.8 Å². The molecule has 2 aromatic rings. The highest BCUT2D eigenvalue weighted by molar-refractivity contribution is 5.62. The van der Waals surface area contributed by atoms with Crippen LogP contribution < -0.4 is 4.90 Å². The number of hydrogen-bond donors (Lipinski definition) is 1. The summed E-state index contributed by atoms with van der Waals surface area (Å²) in [6.07, 6.45) is 9.95. The van der Waals surface area contributed by atoms with Crippen LogP contribution in [0.15, 0.2) is 24.8 Å². The molecule has 23 heavy (non-hydrogen) atoms.